The molecule has 1 aliphatic carbocycles. The Kier molecular flexibility index (Phi) is 6.97. The number of nitrogens with zero attached hydrogens (tertiary/aromatic N) is 1. The summed E-state index contributed by atoms with van der Waals surface area (Å²) in [5.74, 6) is 6.21. The van der Waals surface area contributed by atoms with Crippen LogP contribution < -0.4 is 16.6 Å². The van der Waals surface area contributed by atoms with Crippen molar-refractivity contribution in [2.24, 2.45) is 10.8 Å². The highest BCUT2D eigenvalue weighted by Crippen LogP contribution is 2.16. The van der Waals surface area contributed by atoms with Crippen molar-refractivity contribution < 1.29 is 0 Å². The second kappa shape index (κ2) is 8.39. The molecule has 0 atom stereocenters. The molecule has 0 saturated heterocycles. The molecule has 1 aliphatic rings. The first-order valence-electron chi connectivity index (χ1n) is 6.64. The standard InChI is InChI=1S/C12H26N4/c1-2-10-14-12(16-13)15-11-8-6-4-3-5-7-9-11/h11H,2-10,13H2,1H3,(H2,14,15,16). The van der Waals surface area contributed by atoms with Gasteiger partial charge in [0.25, 0.3) is 0 Å². The molecule has 16 heavy (non-hydrogen) atoms. The van der Waals surface area contributed by atoms with E-state index in [2.05, 4.69) is 22.7 Å². The maximum Gasteiger partial charge on any atom is 0.205 e. The van der Waals surface area contributed by atoms with E-state index in [1.54, 1.807) is 0 Å². The molecule has 4 N–H and O–H groups in total. The van der Waals surface area contributed by atoms with Crippen LogP contribution in [0.3, 0.4) is 0 Å². The lowest BCUT2D eigenvalue weighted by Gasteiger charge is -2.22. The molecule has 0 amide bonds. The van der Waals surface area contributed by atoms with E-state index < -0.39 is 0 Å². The lowest BCUT2D eigenvalue weighted by atomic mass is 9.97. The van der Waals surface area contributed by atoms with Gasteiger partial charge in [0.1, 0.15) is 0 Å². The van der Waals surface area contributed by atoms with Crippen molar-refractivity contribution in [1.82, 2.24) is 10.7 Å². The van der Waals surface area contributed by atoms with Gasteiger partial charge < -0.3 is 5.32 Å². The third-order valence-electron chi connectivity index (χ3n) is 3.08. The smallest absolute Gasteiger partial charge is 0.205 e. The Morgan fingerprint density at radius 1 is 1.19 bits per heavy atom. The largest absolute Gasteiger partial charge is 0.353 e. The number of nitrogens with two attached hydrogens (primary N) is 1. The first-order chi connectivity index (χ1) is 7.86. The summed E-state index contributed by atoms with van der Waals surface area (Å²) >= 11 is 0. The normalized spacial score (nSPS) is 20.0. The number of aliphatic imine (C=N–C) groups is 1. The minimum atomic E-state index is 0.548. The Hall–Kier alpha value is -0.770. The fraction of sp³-hybridized carbons (Fsp3) is 0.917. The van der Waals surface area contributed by atoms with Crippen LogP contribution >= 0.6 is 0 Å². The molecular weight excluding hydrogens is 200 g/mol. The molecule has 0 aromatic carbocycles. The third-order valence-corrected chi connectivity index (χ3v) is 3.08. The highest BCUT2D eigenvalue weighted by molar-refractivity contribution is 5.79. The van der Waals surface area contributed by atoms with Gasteiger partial charge in [0, 0.05) is 12.6 Å². The van der Waals surface area contributed by atoms with Crippen molar-refractivity contribution in [3.63, 3.8) is 0 Å². The van der Waals surface area contributed by atoms with Crippen molar-refractivity contribution in [2.45, 2.75) is 64.3 Å². The molecular formula is C12H26N4. The van der Waals surface area contributed by atoms with Crippen LogP contribution in [0.25, 0.3) is 0 Å². The van der Waals surface area contributed by atoms with Crippen LogP contribution in [0.1, 0.15) is 58.3 Å². The van der Waals surface area contributed by atoms with E-state index in [1.807, 2.05) is 0 Å². The molecule has 0 radical (unpaired) electrons. The molecule has 0 aromatic heterocycles. The van der Waals surface area contributed by atoms with Crippen LogP contribution in [0.15, 0.2) is 4.99 Å². The number of hydrogen-bond acceptors (Lipinski definition) is 2. The van der Waals surface area contributed by atoms with Gasteiger partial charge in [-0.25, -0.2) is 5.84 Å². The number of hydrogen-bond donors (Lipinski definition) is 3. The number of hydrazine groups is 1. The predicted molar refractivity (Wildman–Crippen MR) is 69.2 cm³/mol. The second-order valence-electron chi connectivity index (χ2n) is 4.56. The van der Waals surface area contributed by atoms with Crippen molar-refractivity contribution in [3.05, 3.63) is 0 Å². The molecule has 0 aliphatic heterocycles. The maximum atomic E-state index is 5.46. The SMILES string of the molecule is CCCN=C(NN)NC1CCCCCCC1. The molecule has 1 saturated carbocycles. The Morgan fingerprint density at radius 2 is 1.81 bits per heavy atom. The summed E-state index contributed by atoms with van der Waals surface area (Å²) in [5, 5.41) is 3.42. The highest BCUT2D eigenvalue weighted by atomic mass is 15.3. The molecule has 0 aromatic rings. The van der Waals surface area contributed by atoms with E-state index in [0.717, 1.165) is 18.9 Å². The minimum Gasteiger partial charge on any atom is -0.353 e. The number of nitrogens with one attached hydrogen (secondary N) is 2. The fourth-order valence-electron chi connectivity index (χ4n) is 2.15. The van der Waals surface area contributed by atoms with E-state index >= 15 is 0 Å². The van der Waals surface area contributed by atoms with E-state index in [4.69, 9.17) is 5.84 Å². The summed E-state index contributed by atoms with van der Waals surface area (Å²) < 4.78 is 0. The first kappa shape index (κ1) is 13.3. The number of guanidine groups is 1. The Labute approximate surface area is 99.1 Å². The average molecular weight is 226 g/mol. The maximum absolute atomic E-state index is 5.46. The van der Waals surface area contributed by atoms with Crippen molar-refractivity contribution in [3.8, 4) is 0 Å². The van der Waals surface area contributed by atoms with Gasteiger partial charge in [-0.15, -0.1) is 0 Å². The summed E-state index contributed by atoms with van der Waals surface area (Å²) in [5.41, 5.74) is 2.66. The zero-order chi connectivity index (χ0) is 11.6. The lowest BCUT2D eigenvalue weighted by molar-refractivity contribution is 0.425. The van der Waals surface area contributed by atoms with Crippen molar-refractivity contribution in [1.29, 1.82) is 0 Å². The second-order valence-corrected chi connectivity index (χ2v) is 4.56. The van der Waals surface area contributed by atoms with E-state index in [-0.39, 0.29) is 0 Å². The molecule has 4 nitrogen and oxygen atoms in total. The molecule has 0 heterocycles. The van der Waals surface area contributed by atoms with Gasteiger partial charge in [-0.1, -0.05) is 39.0 Å². The molecule has 0 unspecified atom stereocenters. The fourth-order valence-corrected chi connectivity index (χ4v) is 2.15. The Morgan fingerprint density at radius 3 is 2.38 bits per heavy atom. The number of rotatable bonds is 3. The van der Waals surface area contributed by atoms with Crippen LogP contribution in [-0.2, 0) is 0 Å². The van der Waals surface area contributed by atoms with Gasteiger partial charge in [-0.2, -0.15) is 0 Å². The summed E-state index contributed by atoms with van der Waals surface area (Å²) in [6.07, 6.45) is 10.3. The molecule has 1 fully saturated rings. The highest BCUT2D eigenvalue weighted by Gasteiger charge is 2.12. The van der Waals surface area contributed by atoms with Crippen molar-refractivity contribution >= 4 is 5.96 Å². The van der Waals surface area contributed by atoms with Crippen LogP contribution in [0.5, 0.6) is 0 Å². The summed E-state index contributed by atoms with van der Waals surface area (Å²) in [6.45, 7) is 2.95. The van der Waals surface area contributed by atoms with Crippen LogP contribution in [0.4, 0.5) is 0 Å². The zero-order valence-corrected chi connectivity index (χ0v) is 10.5. The predicted octanol–water partition coefficient (Wildman–Crippen LogP) is 1.92. The monoisotopic (exact) mass is 226 g/mol. The van der Waals surface area contributed by atoms with Gasteiger partial charge in [0.05, 0.1) is 0 Å². The minimum absolute atomic E-state index is 0.548. The molecule has 1 rings (SSSR count). The summed E-state index contributed by atoms with van der Waals surface area (Å²) in [4.78, 5) is 4.38. The quantitative estimate of drug-likeness (QED) is 0.298. The first-order valence-corrected chi connectivity index (χ1v) is 6.64. The third kappa shape index (κ3) is 5.35. The van der Waals surface area contributed by atoms with Crippen LogP contribution in [0, 0.1) is 0 Å². The van der Waals surface area contributed by atoms with E-state index in [0.29, 0.717) is 6.04 Å². The van der Waals surface area contributed by atoms with Gasteiger partial charge in [0.2, 0.25) is 5.96 Å². The zero-order valence-electron chi connectivity index (χ0n) is 10.5. The van der Waals surface area contributed by atoms with E-state index in [1.165, 1.54) is 44.9 Å². The van der Waals surface area contributed by atoms with Crippen LogP contribution in [0.2, 0.25) is 0 Å². The Bertz CT molecular complexity index is 195. The van der Waals surface area contributed by atoms with Gasteiger partial charge in [-0.05, 0) is 19.3 Å². The topological polar surface area (TPSA) is 62.4 Å². The van der Waals surface area contributed by atoms with Crippen LogP contribution in [-0.4, -0.2) is 18.5 Å². The summed E-state index contributed by atoms with van der Waals surface area (Å²) in [6, 6.07) is 0.548. The molecule has 4 heteroatoms. The van der Waals surface area contributed by atoms with Gasteiger partial charge >= 0.3 is 0 Å². The van der Waals surface area contributed by atoms with Gasteiger partial charge in [-0.3, -0.25) is 10.4 Å². The Balaban J connectivity index is 2.35. The van der Waals surface area contributed by atoms with Gasteiger partial charge in [0.15, 0.2) is 0 Å². The average Bonchev–Trinajstić information content (AvgIpc) is 2.26. The van der Waals surface area contributed by atoms with Crippen molar-refractivity contribution in [2.75, 3.05) is 6.54 Å². The molecule has 94 valence electrons. The summed E-state index contributed by atoms with van der Waals surface area (Å²) in [7, 11) is 0. The molecule has 0 bridgehead atoms. The lowest BCUT2D eigenvalue weighted by Crippen LogP contribution is -2.46. The molecule has 0 spiro atoms. The van der Waals surface area contributed by atoms with E-state index in [9.17, 15) is 0 Å².